The molecule has 5 nitrogen and oxygen atoms in total. The number of hydrogen-bond acceptors (Lipinski definition) is 6. The molecule has 0 fully saturated rings. The smallest absolute Gasteiger partial charge is 0.350 e. The summed E-state index contributed by atoms with van der Waals surface area (Å²) in [4.78, 5) is 19.8. The zero-order valence-electron chi connectivity index (χ0n) is 13.9. The SMILES string of the molecule is CCOC(=O)c1sc2nc(-c3ccc(N(C)C)cc3)ccc2c1N. The first kappa shape index (κ1) is 16.3. The predicted octanol–water partition coefficient (Wildman–Crippen LogP) is 3.79. The van der Waals surface area contributed by atoms with Crippen LogP contribution in [0.5, 0.6) is 0 Å². The fraction of sp³-hybridized carbons (Fsp3) is 0.222. The number of thiophene rings is 1. The number of nitrogen functional groups attached to an aromatic ring is 1. The quantitative estimate of drug-likeness (QED) is 0.731. The van der Waals surface area contributed by atoms with Gasteiger partial charge >= 0.3 is 5.97 Å². The van der Waals surface area contributed by atoms with Crippen LogP contribution in [0.1, 0.15) is 16.6 Å². The van der Waals surface area contributed by atoms with Crippen LogP contribution in [-0.2, 0) is 4.74 Å². The number of fused-ring (bicyclic) bond motifs is 1. The molecule has 0 bridgehead atoms. The van der Waals surface area contributed by atoms with Gasteiger partial charge in [-0.1, -0.05) is 12.1 Å². The van der Waals surface area contributed by atoms with Crippen LogP contribution in [0.15, 0.2) is 36.4 Å². The van der Waals surface area contributed by atoms with Crippen LogP contribution in [0, 0.1) is 0 Å². The number of aromatic nitrogens is 1. The van der Waals surface area contributed by atoms with Gasteiger partial charge in [-0.3, -0.25) is 0 Å². The number of nitrogens with zero attached hydrogens (tertiary/aromatic N) is 2. The molecule has 0 radical (unpaired) electrons. The van der Waals surface area contributed by atoms with E-state index in [0.717, 1.165) is 27.2 Å². The summed E-state index contributed by atoms with van der Waals surface area (Å²) in [5.41, 5.74) is 9.52. The van der Waals surface area contributed by atoms with Crippen LogP contribution in [0.25, 0.3) is 21.5 Å². The molecule has 2 N–H and O–H groups in total. The van der Waals surface area contributed by atoms with Crippen molar-refractivity contribution in [3.8, 4) is 11.3 Å². The molecule has 0 saturated carbocycles. The Kier molecular flexibility index (Phi) is 4.40. The van der Waals surface area contributed by atoms with Crippen molar-refractivity contribution >= 4 is 38.9 Å². The van der Waals surface area contributed by atoms with E-state index in [1.807, 2.05) is 55.4 Å². The summed E-state index contributed by atoms with van der Waals surface area (Å²) < 4.78 is 5.05. The zero-order valence-corrected chi connectivity index (χ0v) is 14.7. The summed E-state index contributed by atoms with van der Waals surface area (Å²) in [6.45, 7) is 2.10. The van der Waals surface area contributed by atoms with Crippen LogP contribution in [0.3, 0.4) is 0 Å². The highest BCUT2D eigenvalue weighted by molar-refractivity contribution is 7.21. The Balaban J connectivity index is 2.00. The lowest BCUT2D eigenvalue weighted by atomic mass is 10.1. The third-order valence-corrected chi connectivity index (χ3v) is 4.83. The van der Waals surface area contributed by atoms with Crippen molar-refractivity contribution in [1.29, 1.82) is 0 Å². The fourth-order valence-electron chi connectivity index (χ4n) is 2.44. The summed E-state index contributed by atoms with van der Waals surface area (Å²) in [6.07, 6.45) is 0. The van der Waals surface area contributed by atoms with Crippen molar-refractivity contribution in [3.05, 3.63) is 41.3 Å². The number of carbonyl (C=O) groups excluding carboxylic acids is 1. The molecule has 6 heteroatoms. The van der Waals surface area contributed by atoms with E-state index in [2.05, 4.69) is 4.98 Å². The first-order valence-corrected chi connectivity index (χ1v) is 8.46. The van der Waals surface area contributed by atoms with E-state index in [-0.39, 0.29) is 0 Å². The summed E-state index contributed by atoms with van der Waals surface area (Å²) in [7, 11) is 4.01. The Bertz CT molecular complexity index is 885. The zero-order chi connectivity index (χ0) is 17.3. The van der Waals surface area contributed by atoms with E-state index in [1.54, 1.807) is 6.92 Å². The van der Waals surface area contributed by atoms with E-state index in [1.165, 1.54) is 11.3 Å². The van der Waals surface area contributed by atoms with E-state index in [4.69, 9.17) is 10.5 Å². The molecule has 0 saturated heterocycles. The molecular weight excluding hydrogens is 322 g/mol. The number of pyridine rings is 1. The van der Waals surface area contributed by atoms with E-state index >= 15 is 0 Å². The summed E-state index contributed by atoms with van der Waals surface area (Å²) in [5, 5.41) is 0.789. The highest BCUT2D eigenvalue weighted by Gasteiger charge is 2.18. The molecule has 1 aromatic carbocycles. The Morgan fingerprint density at radius 1 is 1.21 bits per heavy atom. The molecule has 0 amide bonds. The van der Waals surface area contributed by atoms with E-state index in [0.29, 0.717) is 17.2 Å². The topological polar surface area (TPSA) is 68.5 Å². The second-order valence-electron chi connectivity index (χ2n) is 5.56. The molecule has 3 aromatic rings. The Morgan fingerprint density at radius 2 is 1.92 bits per heavy atom. The molecule has 0 aliphatic heterocycles. The summed E-state index contributed by atoms with van der Waals surface area (Å²) in [6, 6.07) is 12.0. The number of anilines is 2. The molecule has 0 spiro atoms. The number of esters is 1. The Morgan fingerprint density at radius 3 is 2.54 bits per heavy atom. The summed E-state index contributed by atoms with van der Waals surface area (Å²) in [5.74, 6) is -0.394. The molecule has 124 valence electrons. The lowest BCUT2D eigenvalue weighted by Gasteiger charge is -2.12. The minimum atomic E-state index is -0.394. The maximum Gasteiger partial charge on any atom is 0.350 e. The van der Waals surface area contributed by atoms with Crippen LogP contribution < -0.4 is 10.6 Å². The molecule has 2 heterocycles. The molecule has 0 aliphatic carbocycles. The number of benzene rings is 1. The largest absolute Gasteiger partial charge is 0.462 e. The monoisotopic (exact) mass is 341 g/mol. The van der Waals surface area contributed by atoms with E-state index < -0.39 is 5.97 Å². The van der Waals surface area contributed by atoms with Crippen molar-refractivity contribution in [2.24, 2.45) is 0 Å². The van der Waals surface area contributed by atoms with Crippen LogP contribution in [-0.4, -0.2) is 31.7 Å². The van der Waals surface area contributed by atoms with Gasteiger partial charge in [0.15, 0.2) is 0 Å². The van der Waals surface area contributed by atoms with Crippen molar-refractivity contribution in [1.82, 2.24) is 4.98 Å². The van der Waals surface area contributed by atoms with Gasteiger partial charge in [-0.15, -0.1) is 11.3 Å². The van der Waals surface area contributed by atoms with Crippen LogP contribution in [0.2, 0.25) is 0 Å². The van der Waals surface area contributed by atoms with Gasteiger partial charge in [-0.2, -0.15) is 0 Å². The minimum absolute atomic E-state index is 0.323. The second kappa shape index (κ2) is 6.49. The lowest BCUT2D eigenvalue weighted by Crippen LogP contribution is -2.07. The maximum atomic E-state index is 12.0. The number of hydrogen-bond donors (Lipinski definition) is 1. The molecule has 3 rings (SSSR count). The van der Waals surface area contributed by atoms with Crippen molar-refractivity contribution in [3.63, 3.8) is 0 Å². The van der Waals surface area contributed by atoms with Crippen molar-refractivity contribution in [2.45, 2.75) is 6.92 Å². The Labute approximate surface area is 144 Å². The molecule has 0 aliphatic rings. The highest BCUT2D eigenvalue weighted by atomic mass is 32.1. The maximum absolute atomic E-state index is 12.0. The lowest BCUT2D eigenvalue weighted by molar-refractivity contribution is 0.0533. The first-order valence-electron chi connectivity index (χ1n) is 7.65. The van der Waals surface area contributed by atoms with Crippen LogP contribution in [0.4, 0.5) is 11.4 Å². The van der Waals surface area contributed by atoms with Gasteiger partial charge in [0.05, 0.1) is 18.0 Å². The predicted molar refractivity (Wildman–Crippen MR) is 99.8 cm³/mol. The molecule has 24 heavy (non-hydrogen) atoms. The number of nitrogens with two attached hydrogens (primary N) is 1. The van der Waals surface area contributed by atoms with Gasteiger partial charge in [0.2, 0.25) is 0 Å². The normalized spacial score (nSPS) is 10.8. The van der Waals surface area contributed by atoms with Gasteiger partial charge in [0.25, 0.3) is 0 Å². The van der Waals surface area contributed by atoms with Gasteiger partial charge in [0, 0.05) is 30.7 Å². The molecule has 2 aromatic heterocycles. The third-order valence-electron chi connectivity index (χ3n) is 3.73. The van der Waals surface area contributed by atoms with Gasteiger partial charge < -0.3 is 15.4 Å². The third kappa shape index (κ3) is 2.92. The van der Waals surface area contributed by atoms with Crippen molar-refractivity contribution in [2.75, 3.05) is 31.3 Å². The summed E-state index contributed by atoms with van der Waals surface area (Å²) >= 11 is 1.27. The van der Waals surface area contributed by atoms with E-state index in [9.17, 15) is 4.79 Å². The van der Waals surface area contributed by atoms with Crippen molar-refractivity contribution < 1.29 is 9.53 Å². The number of rotatable bonds is 4. The highest BCUT2D eigenvalue weighted by Crippen LogP contribution is 2.34. The molecular formula is C18H19N3O2S. The number of carbonyl (C=O) groups is 1. The molecule has 0 unspecified atom stereocenters. The second-order valence-corrected chi connectivity index (χ2v) is 6.55. The van der Waals surface area contributed by atoms with Gasteiger partial charge in [-0.05, 0) is 31.2 Å². The molecule has 0 atom stereocenters. The van der Waals surface area contributed by atoms with Gasteiger partial charge in [0.1, 0.15) is 9.71 Å². The Hall–Kier alpha value is -2.60. The first-order chi connectivity index (χ1) is 11.5. The average molecular weight is 341 g/mol. The fourth-order valence-corrected chi connectivity index (χ4v) is 3.42. The van der Waals surface area contributed by atoms with Gasteiger partial charge in [-0.25, -0.2) is 9.78 Å². The van der Waals surface area contributed by atoms with Crippen LogP contribution >= 0.6 is 11.3 Å². The minimum Gasteiger partial charge on any atom is -0.462 e. The standard InChI is InChI=1S/C18H19N3O2S/c1-4-23-18(22)16-15(19)13-9-10-14(20-17(13)24-16)11-5-7-12(8-6-11)21(2)3/h5-10H,4,19H2,1-3H3. The average Bonchev–Trinajstić information content (AvgIpc) is 2.91. The number of ether oxygens (including phenoxy) is 1.